The lowest BCUT2D eigenvalue weighted by atomic mass is 9.78. The molecular weight excluding hydrogens is 382 g/mol. The Labute approximate surface area is 178 Å². The molecule has 5 nitrogen and oxygen atoms in total. The zero-order valence-corrected chi connectivity index (χ0v) is 18.7. The molecule has 0 radical (unpaired) electrons. The number of carbonyl (C=O) groups excluding carboxylic acids is 2. The number of carbonyl (C=O) groups is 2. The monoisotopic (exact) mass is 417 g/mol. The van der Waals surface area contributed by atoms with Crippen molar-refractivity contribution in [3.8, 4) is 0 Å². The minimum absolute atomic E-state index is 0.247. The quantitative estimate of drug-likeness (QED) is 0.806. The summed E-state index contributed by atoms with van der Waals surface area (Å²) >= 11 is 1.74. The van der Waals surface area contributed by atoms with Crippen LogP contribution in [0.1, 0.15) is 86.4 Å². The maximum Gasteiger partial charge on any atom is 0.254 e. The molecule has 2 amide bonds. The van der Waals surface area contributed by atoms with Gasteiger partial charge < -0.3 is 10.6 Å². The van der Waals surface area contributed by atoms with Gasteiger partial charge in [0, 0.05) is 22.8 Å². The van der Waals surface area contributed by atoms with Crippen molar-refractivity contribution in [2.24, 2.45) is 11.7 Å². The van der Waals surface area contributed by atoms with Crippen molar-refractivity contribution in [2.45, 2.75) is 82.7 Å². The number of hydrogen-bond acceptors (Lipinski definition) is 4. The second-order valence-electron chi connectivity index (χ2n) is 9.67. The zero-order chi connectivity index (χ0) is 20.6. The van der Waals surface area contributed by atoms with Crippen LogP contribution in [-0.2, 0) is 4.79 Å². The number of likely N-dealkylation sites (tertiary alicyclic amines) is 2. The third kappa shape index (κ3) is 4.11. The zero-order valence-electron chi connectivity index (χ0n) is 17.9. The number of hydrogen-bond donors (Lipinski definition) is 1. The fraction of sp³-hybridized carbons (Fsp3) is 0.739. The lowest BCUT2D eigenvalue weighted by Gasteiger charge is -2.44. The molecule has 4 rings (SSSR count). The fourth-order valence-corrected chi connectivity index (χ4v) is 6.66. The number of amides is 2. The summed E-state index contributed by atoms with van der Waals surface area (Å²) < 4.78 is 0. The summed E-state index contributed by atoms with van der Waals surface area (Å²) in [6, 6.07) is 2.62. The van der Waals surface area contributed by atoms with Crippen molar-refractivity contribution in [3.63, 3.8) is 0 Å². The summed E-state index contributed by atoms with van der Waals surface area (Å²) in [5, 5.41) is 2.07. The highest BCUT2D eigenvalue weighted by Crippen LogP contribution is 2.38. The lowest BCUT2D eigenvalue weighted by molar-refractivity contribution is -0.129. The maximum absolute atomic E-state index is 13.3. The highest BCUT2D eigenvalue weighted by atomic mass is 32.1. The van der Waals surface area contributed by atoms with Crippen LogP contribution in [0.5, 0.6) is 0 Å². The van der Waals surface area contributed by atoms with Crippen LogP contribution in [0.4, 0.5) is 0 Å². The summed E-state index contributed by atoms with van der Waals surface area (Å²) in [6.07, 6.45) is 9.54. The molecule has 2 aliphatic heterocycles. The second kappa shape index (κ2) is 8.38. The van der Waals surface area contributed by atoms with Crippen molar-refractivity contribution in [1.29, 1.82) is 0 Å². The molecular formula is C23H35N3O2S. The largest absolute Gasteiger partial charge is 0.368 e. The van der Waals surface area contributed by atoms with Gasteiger partial charge in [0.2, 0.25) is 5.91 Å². The molecule has 1 aromatic heterocycles. The van der Waals surface area contributed by atoms with Gasteiger partial charge in [-0.1, -0.05) is 12.8 Å². The van der Waals surface area contributed by atoms with Crippen molar-refractivity contribution >= 4 is 23.2 Å². The molecule has 1 saturated carbocycles. The Bertz CT molecular complexity index is 749. The predicted molar refractivity (Wildman–Crippen MR) is 117 cm³/mol. The van der Waals surface area contributed by atoms with Crippen LogP contribution in [0.3, 0.4) is 0 Å². The Kier molecular flexibility index (Phi) is 6.03. The topological polar surface area (TPSA) is 66.6 Å². The van der Waals surface area contributed by atoms with Gasteiger partial charge in [-0.05, 0) is 83.4 Å². The van der Waals surface area contributed by atoms with Gasteiger partial charge in [0.25, 0.3) is 5.91 Å². The smallest absolute Gasteiger partial charge is 0.254 e. The molecule has 1 aromatic rings. The third-order valence-corrected chi connectivity index (χ3v) is 8.76. The minimum Gasteiger partial charge on any atom is -0.368 e. The number of nitrogens with two attached hydrogens (primary N) is 1. The molecule has 0 aromatic carbocycles. The van der Waals surface area contributed by atoms with Crippen LogP contribution in [0.2, 0.25) is 0 Å². The van der Waals surface area contributed by atoms with Crippen LogP contribution >= 0.6 is 11.3 Å². The van der Waals surface area contributed by atoms with E-state index in [0.29, 0.717) is 12.0 Å². The van der Waals surface area contributed by atoms with E-state index in [1.165, 1.54) is 37.0 Å². The summed E-state index contributed by atoms with van der Waals surface area (Å²) in [5.74, 6) is 1.18. The van der Waals surface area contributed by atoms with Gasteiger partial charge in [0.1, 0.15) is 0 Å². The van der Waals surface area contributed by atoms with Gasteiger partial charge in [0.05, 0.1) is 11.1 Å². The SMILES string of the molecule is CC(C)(C(N)=O)N1CCC(c2cc(C(=O)N3CCC[C@@H]4CCCC[C@@H]43)cs2)CC1. The molecule has 3 heterocycles. The van der Waals surface area contributed by atoms with Gasteiger partial charge in [-0.3, -0.25) is 14.5 Å². The Morgan fingerprint density at radius 1 is 1.03 bits per heavy atom. The summed E-state index contributed by atoms with van der Waals surface area (Å²) in [6.45, 7) is 6.49. The first-order valence-electron chi connectivity index (χ1n) is 11.3. The Morgan fingerprint density at radius 2 is 1.72 bits per heavy atom. The molecule has 29 heavy (non-hydrogen) atoms. The minimum atomic E-state index is -0.591. The molecule has 3 aliphatic rings. The Hall–Kier alpha value is -1.40. The van der Waals surface area contributed by atoms with Crippen molar-refractivity contribution in [3.05, 3.63) is 21.9 Å². The Balaban J connectivity index is 1.40. The van der Waals surface area contributed by atoms with Crippen molar-refractivity contribution in [2.75, 3.05) is 19.6 Å². The van der Waals surface area contributed by atoms with Crippen LogP contribution in [0.25, 0.3) is 0 Å². The van der Waals surface area contributed by atoms with Gasteiger partial charge in [-0.15, -0.1) is 11.3 Å². The molecule has 1 aliphatic carbocycles. The predicted octanol–water partition coefficient (Wildman–Crippen LogP) is 3.99. The number of primary amides is 1. The van der Waals surface area contributed by atoms with Crippen LogP contribution < -0.4 is 5.73 Å². The second-order valence-corrected chi connectivity index (χ2v) is 10.6. The first-order chi connectivity index (χ1) is 13.9. The highest BCUT2D eigenvalue weighted by molar-refractivity contribution is 7.10. The number of fused-ring (bicyclic) bond motifs is 1. The fourth-order valence-electron chi connectivity index (χ4n) is 5.60. The molecule has 0 unspecified atom stereocenters. The number of thiophene rings is 1. The summed E-state index contributed by atoms with van der Waals surface area (Å²) in [4.78, 5) is 30.7. The van der Waals surface area contributed by atoms with E-state index in [1.54, 1.807) is 11.3 Å². The molecule has 6 heteroatoms. The standard InChI is InChI=1S/C23H35N3O2S/c1-23(2,22(24)28)25-12-9-17(10-13-25)20-14-18(15-29-20)21(27)26-11-5-7-16-6-3-4-8-19(16)26/h14-17,19H,3-13H2,1-2H3,(H2,24,28)/t16-,19-/m0/s1. The first kappa shape index (κ1) is 20.9. The van der Waals surface area contributed by atoms with Crippen molar-refractivity contribution in [1.82, 2.24) is 9.80 Å². The molecule has 0 spiro atoms. The summed E-state index contributed by atoms with van der Waals surface area (Å²) in [7, 11) is 0. The summed E-state index contributed by atoms with van der Waals surface area (Å²) in [5.41, 5.74) is 5.87. The molecule has 0 bridgehead atoms. The molecule has 160 valence electrons. The van der Waals surface area contributed by atoms with E-state index in [-0.39, 0.29) is 11.8 Å². The highest BCUT2D eigenvalue weighted by Gasteiger charge is 2.38. The van der Waals surface area contributed by atoms with Crippen molar-refractivity contribution < 1.29 is 9.59 Å². The van der Waals surface area contributed by atoms with Crippen LogP contribution in [0, 0.1) is 5.92 Å². The van der Waals surface area contributed by atoms with E-state index < -0.39 is 5.54 Å². The lowest BCUT2D eigenvalue weighted by Crippen LogP contribution is -2.55. The molecule has 2 atom stereocenters. The van der Waals surface area contributed by atoms with E-state index in [2.05, 4.69) is 21.2 Å². The van der Waals surface area contributed by atoms with E-state index in [4.69, 9.17) is 5.73 Å². The van der Waals surface area contributed by atoms with Crippen LogP contribution in [-0.4, -0.2) is 52.8 Å². The van der Waals surface area contributed by atoms with E-state index in [1.807, 2.05) is 13.8 Å². The maximum atomic E-state index is 13.3. The first-order valence-corrected chi connectivity index (χ1v) is 12.2. The molecule has 2 saturated heterocycles. The average Bonchev–Trinajstić information content (AvgIpc) is 3.23. The van der Waals surface area contributed by atoms with Gasteiger partial charge in [-0.25, -0.2) is 0 Å². The number of nitrogens with zero attached hydrogens (tertiary/aromatic N) is 2. The Morgan fingerprint density at radius 3 is 2.45 bits per heavy atom. The van der Waals surface area contributed by atoms with Gasteiger partial charge in [0.15, 0.2) is 0 Å². The number of piperidine rings is 2. The third-order valence-electron chi connectivity index (χ3n) is 7.66. The number of rotatable bonds is 4. The van der Waals surface area contributed by atoms with E-state index >= 15 is 0 Å². The molecule has 3 fully saturated rings. The van der Waals surface area contributed by atoms with Gasteiger partial charge in [-0.2, -0.15) is 0 Å². The normalized spacial score (nSPS) is 26.9. The average molecular weight is 418 g/mol. The van der Waals surface area contributed by atoms with E-state index in [0.717, 1.165) is 50.4 Å². The molecule has 2 N–H and O–H groups in total. The van der Waals surface area contributed by atoms with Crippen LogP contribution in [0.15, 0.2) is 11.4 Å². The van der Waals surface area contributed by atoms with E-state index in [9.17, 15) is 9.59 Å². The van der Waals surface area contributed by atoms with Gasteiger partial charge >= 0.3 is 0 Å².